The van der Waals surface area contributed by atoms with Gasteiger partial charge in [-0.1, -0.05) is 24.3 Å². The van der Waals surface area contributed by atoms with Crippen LogP contribution in [0.5, 0.6) is 0 Å². The van der Waals surface area contributed by atoms with Gasteiger partial charge in [0.15, 0.2) is 0 Å². The molecule has 0 bridgehead atoms. The predicted octanol–water partition coefficient (Wildman–Crippen LogP) is 13.9. The van der Waals surface area contributed by atoms with Crippen LogP contribution in [-0.2, 0) is 0 Å². The number of para-hydroxylation sites is 2. The topological polar surface area (TPSA) is 13.0 Å². The second-order valence-corrected chi connectivity index (χ2v) is 22.9. The summed E-state index contributed by atoms with van der Waals surface area (Å²) in [5.41, 5.74) is 30.1. The number of nitrogens with zero attached hydrogens (tertiary/aromatic N) is 4. The van der Waals surface area contributed by atoms with Crippen LogP contribution in [0.2, 0.25) is 0 Å². The fourth-order valence-corrected chi connectivity index (χ4v) is 16.3. The average molecular weight is 1040 g/mol. The van der Waals surface area contributed by atoms with Gasteiger partial charge in [-0.05, 0) is 0 Å². The van der Waals surface area contributed by atoms with Crippen molar-refractivity contribution in [2.75, 3.05) is 19.6 Å². The van der Waals surface area contributed by atoms with Gasteiger partial charge < -0.3 is 0 Å². The molecule has 356 valence electrons. The molecule has 11 aromatic carbocycles. The molecular formula is C70H44B2N4Se. The summed E-state index contributed by atoms with van der Waals surface area (Å²) in [6.45, 7) is -0.103. The maximum absolute atomic E-state index is 2.75. The minimum atomic E-state index is -0.0725. The quantitative estimate of drug-likeness (QED) is 0.154. The van der Waals surface area contributed by atoms with Gasteiger partial charge in [-0.3, -0.25) is 0 Å². The second kappa shape index (κ2) is 16.6. The molecular weight excluding hydrogens is 997 g/mol. The Bertz CT molecular complexity index is 4360. The van der Waals surface area contributed by atoms with Gasteiger partial charge in [0.25, 0.3) is 0 Å². The molecule has 0 aliphatic carbocycles. The third kappa shape index (κ3) is 6.13. The number of rotatable bonds is 6. The van der Waals surface area contributed by atoms with Crippen LogP contribution in [-0.4, -0.2) is 27.9 Å². The third-order valence-electron chi connectivity index (χ3n) is 16.7. The normalized spacial score (nSPS) is 13.6. The summed E-state index contributed by atoms with van der Waals surface area (Å²) < 4.78 is 2.79. The molecule has 1 aromatic heterocycles. The van der Waals surface area contributed by atoms with Crippen LogP contribution in [0.4, 0.5) is 68.2 Å². The van der Waals surface area contributed by atoms with E-state index in [0.717, 1.165) is 11.4 Å². The van der Waals surface area contributed by atoms with E-state index in [2.05, 4.69) is 287 Å². The number of hydrogen-bond donors (Lipinski definition) is 0. The van der Waals surface area contributed by atoms with E-state index in [-0.39, 0.29) is 27.9 Å². The van der Waals surface area contributed by atoms with Gasteiger partial charge in [0.2, 0.25) is 0 Å². The first-order valence-corrected chi connectivity index (χ1v) is 28.4. The first-order valence-electron chi connectivity index (χ1n) is 26.7. The summed E-state index contributed by atoms with van der Waals surface area (Å²) in [5, 5.41) is 0. The Hall–Kier alpha value is -9.25. The Morgan fingerprint density at radius 3 is 1.09 bits per heavy atom. The minimum absolute atomic E-state index is 0.0455. The van der Waals surface area contributed by atoms with Gasteiger partial charge >= 0.3 is 433 Å². The molecule has 4 nitrogen and oxygen atoms in total. The molecule has 17 rings (SSSR count). The standard InChI is InChI=1S/C70H44B2N4Se/c1-7-21-45(22-8-1)49-38-42-57-56(43-49)72-55-41-40-54-65-66(55)76(61-36-19-33-58(64(61)72)73(57)51-29-15-5-16-30-51)68-67(69(47-25-11-3-12-26-47)77-70(68)48-27-13-4-14-28-48)75(65)60-35-20-34-59-63(60)71(54)53-39-37-50(46-23-9-2-10-24-46)44-62(53)74(59)52-31-17-6-18-32-52/h1-44H. The van der Waals surface area contributed by atoms with Gasteiger partial charge in [-0.15, -0.1) is 0 Å². The zero-order chi connectivity index (χ0) is 50.3. The van der Waals surface area contributed by atoms with E-state index in [9.17, 15) is 0 Å². The van der Waals surface area contributed by atoms with E-state index < -0.39 is 0 Å². The molecule has 0 spiro atoms. The van der Waals surface area contributed by atoms with Crippen LogP contribution in [0, 0.1) is 0 Å². The molecule has 5 aliphatic heterocycles. The predicted molar refractivity (Wildman–Crippen MR) is 327 cm³/mol. The van der Waals surface area contributed by atoms with E-state index in [1.54, 1.807) is 0 Å². The van der Waals surface area contributed by atoms with E-state index in [1.165, 1.54) is 132 Å². The molecule has 0 saturated heterocycles. The van der Waals surface area contributed by atoms with Crippen molar-refractivity contribution in [3.8, 4) is 42.3 Å². The molecule has 0 amide bonds. The molecule has 0 unspecified atom stereocenters. The molecule has 12 aromatic rings. The van der Waals surface area contributed by atoms with Crippen LogP contribution in [0.3, 0.4) is 0 Å². The molecule has 77 heavy (non-hydrogen) atoms. The van der Waals surface area contributed by atoms with Crippen molar-refractivity contribution in [1.82, 2.24) is 0 Å². The van der Waals surface area contributed by atoms with Crippen LogP contribution < -0.4 is 52.4 Å². The molecule has 0 atom stereocenters. The molecule has 0 fully saturated rings. The number of benzene rings is 11. The Balaban J connectivity index is 1.01. The van der Waals surface area contributed by atoms with Gasteiger partial charge in [0.1, 0.15) is 0 Å². The van der Waals surface area contributed by atoms with Crippen molar-refractivity contribution in [2.24, 2.45) is 0 Å². The SMILES string of the molecule is c1ccc(-c2ccc3c(c2)B2c4ccc5c6c4N(c4cccc(c42)N3c2ccccc2)c2c(-c3ccccc3)[se]c(-c3ccccc3)c2N6c2cccc3c2B5c2ccc(-c4ccccc4)cc2N3c2ccccc2)cc1. The monoisotopic (exact) mass is 1040 g/mol. The molecule has 0 saturated carbocycles. The summed E-state index contributed by atoms with van der Waals surface area (Å²) in [6, 6.07) is 100.0. The molecule has 6 heterocycles. The summed E-state index contributed by atoms with van der Waals surface area (Å²) in [4.78, 5) is 10.6. The van der Waals surface area contributed by atoms with Crippen LogP contribution >= 0.6 is 0 Å². The Morgan fingerprint density at radius 1 is 0.234 bits per heavy atom. The van der Waals surface area contributed by atoms with Gasteiger partial charge in [0, 0.05) is 0 Å². The van der Waals surface area contributed by atoms with Crippen molar-refractivity contribution >= 4 is 129 Å². The first kappa shape index (κ1) is 43.0. The maximum atomic E-state index is 2.75. The number of hydrogen-bond acceptors (Lipinski definition) is 4. The molecule has 0 radical (unpaired) electrons. The van der Waals surface area contributed by atoms with Crippen molar-refractivity contribution < 1.29 is 0 Å². The van der Waals surface area contributed by atoms with Crippen molar-refractivity contribution in [3.05, 3.63) is 267 Å². The molecule has 0 N–H and O–H groups in total. The van der Waals surface area contributed by atoms with Crippen molar-refractivity contribution in [3.63, 3.8) is 0 Å². The van der Waals surface area contributed by atoms with Gasteiger partial charge in [0.05, 0.1) is 0 Å². The second-order valence-electron chi connectivity index (χ2n) is 20.7. The molecule has 7 heteroatoms. The average Bonchev–Trinajstić information content (AvgIpc) is 4.14. The van der Waals surface area contributed by atoms with E-state index in [0.29, 0.717) is 0 Å². The van der Waals surface area contributed by atoms with Crippen LogP contribution in [0.25, 0.3) is 42.3 Å². The zero-order valence-corrected chi connectivity index (χ0v) is 43.5. The summed E-state index contributed by atoms with van der Waals surface area (Å²) >= 11 is -0.0725. The van der Waals surface area contributed by atoms with Crippen molar-refractivity contribution in [2.45, 2.75) is 0 Å². The fraction of sp³-hybridized carbons (Fsp3) is 0. The zero-order valence-electron chi connectivity index (χ0n) is 41.8. The van der Waals surface area contributed by atoms with Gasteiger partial charge in [-0.25, -0.2) is 0 Å². The third-order valence-corrected chi connectivity index (χ3v) is 19.4. The van der Waals surface area contributed by atoms with Crippen LogP contribution in [0.1, 0.15) is 0 Å². The van der Waals surface area contributed by atoms with E-state index in [1.807, 2.05) is 0 Å². The van der Waals surface area contributed by atoms with E-state index >= 15 is 0 Å². The summed E-state index contributed by atoms with van der Waals surface area (Å²) in [5.74, 6) is 0. The Kier molecular flexibility index (Phi) is 9.29. The molecule has 5 aliphatic rings. The van der Waals surface area contributed by atoms with Gasteiger partial charge in [-0.2, -0.15) is 0 Å². The summed E-state index contributed by atoms with van der Waals surface area (Å²) in [7, 11) is 0. The first-order chi connectivity index (χ1) is 38.3. The summed E-state index contributed by atoms with van der Waals surface area (Å²) in [6.07, 6.45) is 0. The number of fused-ring (bicyclic) bond motifs is 11. The fourth-order valence-electron chi connectivity index (χ4n) is 13.6. The van der Waals surface area contributed by atoms with E-state index in [4.69, 9.17) is 0 Å². The van der Waals surface area contributed by atoms with Crippen LogP contribution in [0.15, 0.2) is 267 Å². The Morgan fingerprint density at radius 2 is 0.610 bits per heavy atom. The Labute approximate surface area is 454 Å². The van der Waals surface area contributed by atoms with Crippen molar-refractivity contribution in [1.29, 1.82) is 0 Å². The number of anilines is 12.